The second-order valence-corrected chi connectivity index (χ2v) is 7.06. The van der Waals surface area contributed by atoms with Crippen molar-refractivity contribution in [1.82, 2.24) is 0 Å². The fourth-order valence-electron chi connectivity index (χ4n) is 1.02. The molecule has 0 amide bonds. The Balaban J connectivity index is 3.49. The van der Waals surface area contributed by atoms with Crippen molar-refractivity contribution in [2.24, 2.45) is 0 Å². The van der Waals surface area contributed by atoms with Crippen LogP contribution in [0.15, 0.2) is 6.07 Å². The second-order valence-electron chi connectivity index (χ2n) is 3.41. The van der Waals surface area contributed by atoms with Crippen molar-refractivity contribution in [3.63, 3.8) is 0 Å². The van der Waals surface area contributed by atoms with Crippen LogP contribution < -0.4 is 5.19 Å². The normalized spacial score (nSPS) is 11.9. The Labute approximate surface area is 79.1 Å². The minimum atomic E-state index is -3.19. The van der Waals surface area contributed by atoms with Crippen molar-refractivity contribution in [1.29, 1.82) is 0 Å². The van der Waals surface area contributed by atoms with Crippen molar-refractivity contribution < 1.29 is 22.4 Å². The first-order chi connectivity index (χ1) is 6.25. The van der Waals surface area contributed by atoms with Crippen LogP contribution in [-0.4, -0.2) is 13.1 Å². The zero-order chi connectivity index (χ0) is 11.1. The highest BCUT2D eigenvalue weighted by Crippen LogP contribution is 2.14. The lowest BCUT2D eigenvalue weighted by atomic mass is 10.3. The van der Waals surface area contributed by atoms with E-state index in [-0.39, 0.29) is 0 Å². The second kappa shape index (κ2) is 3.36. The van der Waals surface area contributed by atoms with Crippen LogP contribution in [0, 0.1) is 23.3 Å². The highest BCUT2D eigenvalue weighted by Gasteiger charge is 2.29. The molecular formula is C8H8F4OSi. The molecule has 78 valence electrons. The minimum Gasteiger partial charge on any atom is -0.428 e. The van der Waals surface area contributed by atoms with E-state index in [0.717, 1.165) is 0 Å². The van der Waals surface area contributed by atoms with Crippen molar-refractivity contribution in [2.45, 2.75) is 13.1 Å². The van der Waals surface area contributed by atoms with Gasteiger partial charge in [0.1, 0.15) is 0 Å². The van der Waals surface area contributed by atoms with Gasteiger partial charge in [0.25, 0.3) is 0 Å². The number of rotatable bonds is 1. The molecule has 0 heterocycles. The van der Waals surface area contributed by atoms with Gasteiger partial charge >= 0.3 is 0 Å². The fourth-order valence-corrected chi connectivity index (χ4v) is 2.14. The van der Waals surface area contributed by atoms with Crippen LogP contribution in [0.5, 0.6) is 0 Å². The fraction of sp³-hybridized carbons (Fsp3) is 0.250. The maximum atomic E-state index is 13.0. The van der Waals surface area contributed by atoms with Crippen LogP contribution in [0.4, 0.5) is 17.6 Å². The summed E-state index contributed by atoms with van der Waals surface area (Å²) in [5.41, 5.74) is 0. The third kappa shape index (κ3) is 1.80. The SMILES string of the molecule is C[Si](C)(O)c1cc(F)c(F)c(F)c1F. The van der Waals surface area contributed by atoms with E-state index in [1.807, 2.05) is 0 Å². The van der Waals surface area contributed by atoms with Gasteiger partial charge in [-0.05, 0) is 19.2 Å². The molecule has 0 saturated heterocycles. The van der Waals surface area contributed by atoms with Gasteiger partial charge in [-0.15, -0.1) is 0 Å². The van der Waals surface area contributed by atoms with Gasteiger partial charge in [0.15, 0.2) is 23.3 Å². The molecule has 1 aromatic carbocycles. The van der Waals surface area contributed by atoms with E-state index in [0.29, 0.717) is 6.07 Å². The molecule has 0 spiro atoms. The number of benzene rings is 1. The van der Waals surface area contributed by atoms with Crippen LogP contribution in [0.1, 0.15) is 0 Å². The molecule has 1 rings (SSSR count). The zero-order valence-corrected chi connectivity index (χ0v) is 8.54. The highest BCUT2D eigenvalue weighted by molar-refractivity contribution is 6.83. The maximum Gasteiger partial charge on any atom is 0.217 e. The lowest BCUT2D eigenvalue weighted by Gasteiger charge is -2.15. The van der Waals surface area contributed by atoms with Crippen LogP contribution in [0.2, 0.25) is 13.1 Å². The Morgan fingerprint density at radius 1 is 1.00 bits per heavy atom. The van der Waals surface area contributed by atoms with Crippen LogP contribution in [0.25, 0.3) is 0 Å². The first-order valence-electron chi connectivity index (χ1n) is 3.81. The van der Waals surface area contributed by atoms with Gasteiger partial charge in [-0.2, -0.15) is 0 Å². The molecule has 1 N–H and O–H groups in total. The standard InChI is InChI=1S/C8H8F4OSi/c1-14(2,13)5-3-4(9)6(10)8(12)7(5)11/h3,13H,1-2H3. The van der Waals surface area contributed by atoms with E-state index in [1.54, 1.807) is 0 Å². The van der Waals surface area contributed by atoms with E-state index < -0.39 is 36.8 Å². The summed E-state index contributed by atoms with van der Waals surface area (Å²) in [5.74, 6) is -6.74. The van der Waals surface area contributed by atoms with E-state index in [1.165, 1.54) is 13.1 Å². The van der Waals surface area contributed by atoms with Gasteiger partial charge < -0.3 is 4.80 Å². The summed E-state index contributed by atoms with van der Waals surface area (Å²) in [7, 11) is -3.19. The lowest BCUT2D eigenvalue weighted by Crippen LogP contribution is -2.44. The maximum absolute atomic E-state index is 13.0. The monoisotopic (exact) mass is 224 g/mol. The lowest BCUT2D eigenvalue weighted by molar-refractivity contribution is 0.410. The first kappa shape index (κ1) is 11.2. The molecule has 0 fully saturated rings. The van der Waals surface area contributed by atoms with Crippen molar-refractivity contribution in [3.8, 4) is 0 Å². The van der Waals surface area contributed by atoms with Crippen molar-refractivity contribution >= 4 is 13.5 Å². The third-order valence-corrected chi connectivity index (χ3v) is 3.44. The Hall–Kier alpha value is -0.883. The Bertz CT molecular complexity index is 373. The van der Waals surface area contributed by atoms with Crippen LogP contribution in [-0.2, 0) is 0 Å². The molecular weight excluding hydrogens is 216 g/mol. The molecule has 0 aliphatic heterocycles. The first-order valence-corrected chi connectivity index (χ1v) is 6.75. The number of hydrogen-bond acceptors (Lipinski definition) is 1. The Kier molecular flexibility index (Phi) is 2.68. The summed E-state index contributed by atoms with van der Waals surface area (Å²) in [6, 6.07) is 0.500. The van der Waals surface area contributed by atoms with E-state index in [9.17, 15) is 22.4 Å². The van der Waals surface area contributed by atoms with Gasteiger partial charge in [0.05, 0.1) is 0 Å². The molecule has 0 bridgehead atoms. The predicted molar refractivity (Wildman–Crippen MR) is 45.6 cm³/mol. The number of hydrogen-bond donors (Lipinski definition) is 1. The molecule has 14 heavy (non-hydrogen) atoms. The van der Waals surface area contributed by atoms with Gasteiger partial charge in [-0.3, -0.25) is 0 Å². The summed E-state index contributed by atoms with van der Waals surface area (Å²) in [5, 5.41) is -0.478. The van der Waals surface area contributed by atoms with Gasteiger partial charge in [0, 0.05) is 5.19 Å². The average molecular weight is 224 g/mol. The molecule has 0 unspecified atom stereocenters. The summed E-state index contributed by atoms with van der Waals surface area (Å²) < 4.78 is 50.9. The summed E-state index contributed by atoms with van der Waals surface area (Å²) in [6.45, 7) is 2.56. The molecule has 6 heteroatoms. The molecule has 1 nitrogen and oxygen atoms in total. The van der Waals surface area contributed by atoms with Crippen LogP contribution in [0.3, 0.4) is 0 Å². The smallest absolute Gasteiger partial charge is 0.217 e. The zero-order valence-electron chi connectivity index (χ0n) is 7.54. The summed E-state index contributed by atoms with van der Waals surface area (Å²) >= 11 is 0. The van der Waals surface area contributed by atoms with E-state index >= 15 is 0 Å². The molecule has 0 radical (unpaired) electrons. The van der Waals surface area contributed by atoms with Crippen LogP contribution >= 0.6 is 0 Å². The molecule has 0 atom stereocenters. The Morgan fingerprint density at radius 3 is 1.93 bits per heavy atom. The van der Waals surface area contributed by atoms with Crippen molar-refractivity contribution in [3.05, 3.63) is 29.3 Å². The summed E-state index contributed by atoms with van der Waals surface area (Å²) in [4.78, 5) is 9.45. The predicted octanol–water partition coefficient (Wildman–Crippen LogP) is 1.65. The molecule has 0 aliphatic rings. The van der Waals surface area contributed by atoms with E-state index in [2.05, 4.69) is 0 Å². The minimum absolute atomic E-state index is 0.478. The quantitative estimate of drug-likeness (QED) is 0.333. The van der Waals surface area contributed by atoms with Gasteiger partial charge in [-0.1, -0.05) is 0 Å². The average Bonchev–Trinajstić information content (AvgIpc) is 2.06. The summed E-state index contributed by atoms with van der Waals surface area (Å²) in [6.07, 6.45) is 0. The molecule has 0 aromatic heterocycles. The molecule has 0 saturated carbocycles. The van der Waals surface area contributed by atoms with E-state index in [4.69, 9.17) is 0 Å². The van der Waals surface area contributed by atoms with Crippen molar-refractivity contribution in [2.75, 3.05) is 0 Å². The highest BCUT2D eigenvalue weighted by atomic mass is 28.4. The third-order valence-electron chi connectivity index (χ3n) is 1.76. The topological polar surface area (TPSA) is 20.2 Å². The largest absolute Gasteiger partial charge is 0.428 e. The molecule has 0 aliphatic carbocycles. The number of halogens is 4. The molecule has 1 aromatic rings. The van der Waals surface area contributed by atoms with Gasteiger partial charge in [-0.25, -0.2) is 17.6 Å². The Morgan fingerprint density at radius 2 is 1.50 bits per heavy atom. The van der Waals surface area contributed by atoms with Gasteiger partial charge in [0.2, 0.25) is 8.32 Å².